The summed E-state index contributed by atoms with van der Waals surface area (Å²) in [6.07, 6.45) is 0. The zero-order valence-corrected chi connectivity index (χ0v) is 16.2. The zero-order chi connectivity index (χ0) is 18.5. The molecule has 0 amide bonds. The first-order valence-corrected chi connectivity index (χ1v) is 9.87. The lowest BCUT2D eigenvalue weighted by atomic mass is 10.1. The van der Waals surface area contributed by atoms with Crippen molar-refractivity contribution in [2.75, 3.05) is 5.32 Å². The molecule has 1 aromatic heterocycles. The Morgan fingerprint density at radius 2 is 1.88 bits per heavy atom. The van der Waals surface area contributed by atoms with Gasteiger partial charge in [-0.25, -0.2) is 4.39 Å². The molecule has 2 aromatic carbocycles. The second-order valence-electron chi connectivity index (χ2n) is 5.48. The molecular weight excluding hydrogens is 393 g/mol. The summed E-state index contributed by atoms with van der Waals surface area (Å²) in [7, 11) is 0. The van der Waals surface area contributed by atoms with E-state index in [0.29, 0.717) is 26.6 Å². The number of anilines is 1. The molecule has 1 heterocycles. The number of halogens is 2. The molecule has 134 valence electrons. The Hall–Kier alpha value is -1.96. The molecule has 0 saturated heterocycles. The molecule has 0 radical (unpaired) electrons. The smallest absolute Gasteiger partial charge is 0.206 e. The number of carbonyl (C=O) groups is 1. The molecular formula is C18H15ClFN3OS2. The zero-order valence-electron chi connectivity index (χ0n) is 13.8. The first-order chi connectivity index (χ1) is 12.5. The van der Waals surface area contributed by atoms with E-state index in [4.69, 9.17) is 11.6 Å². The van der Waals surface area contributed by atoms with Crippen LogP contribution in [0, 0.1) is 5.82 Å². The fourth-order valence-electron chi connectivity index (χ4n) is 2.16. The Balaban J connectivity index is 1.56. The van der Waals surface area contributed by atoms with Crippen molar-refractivity contribution in [3.05, 3.63) is 70.5 Å². The highest BCUT2D eigenvalue weighted by Gasteiger charge is 2.18. The van der Waals surface area contributed by atoms with Crippen molar-refractivity contribution >= 4 is 45.6 Å². The SMILES string of the molecule is CC(Sc1nnc(NCc2ccc(F)cc2)s1)C(=O)c1ccc(Cl)cc1. The molecule has 0 saturated carbocycles. The maximum Gasteiger partial charge on any atom is 0.206 e. The summed E-state index contributed by atoms with van der Waals surface area (Å²) in [5, 5.41) is 12.3. The fourth-order valence-corrected chi connectivity index (χ4v) is 4.26. The van der Waals surface area contributed by atoms with E-state index in [-0.39, 0.29) is 16.9 Å². The van der Waals surface area contributed by atoms with Gasteiger partial charge in [-0.3, -0.25) is 4.79 Å². The number of ketones is 1. The van der Waals surface area contributed by atoms with E-state index < -0.39 is 0 Å². The van der Waals surface area contributed by atoms with Crippen LogP contribution >= 0.6 is 34.7 Å². The Kier molecular flexibility index (Phi) is 6.24. The van der Waals surface area contributed by atoms with Crippen LogP contribution in [0.25, 0.3) is 0 Å². The third-order valence-corrected chi connectivity index (χ3v) is 5.86. The number of hydrogen-bond acceptors (Lipinski definition) is 6. The van der Waals surface area contributed by atoms with Crippen LogP contribution in [0.2, 0.25) is 5.02 Å². The monoisotopic (exact) mass is 407 g/mol. The summed E-state index contributed by atoms with van der Waals surface area (Å²) in [5.41, 5.74) is 1.57. The topological polar surface area (TPSA) is 54.9 Å². The minimum Gasteiger partial charge on any atom is -0.356 e. The number of hydrogen-bond donors (Lipinski definition) is 1. The highest BCUT2D eigenvalue weighted by molar-refractivity contribution is 8.02. The van der Waals surface area contributed by atoms with Gasteiger partial charge in [-0.2, -0.15) is 0 Å². The van der Waals surface area contributed by atoms with Crippen molar-refractivity contribution in [3.8, 4) is 0 Å². The number of nitrogens with zero attached hydrogens (tertiary/aromatic N) is 2. The van der Waals surface area contributed by atoms with Crippen molar-refractivity contribution in [2.45, 2.75) is 23.1 Å². The van der Waals surface area contributed by atoms with Gasteiger partial charge in [-0.1, -0.05) is 46.8 Å². The van der Waals surface area contributed by atoms with E-state index in [0.717, 1.165) is 5.56 Å². The van der Waals surface area contributed by atoms with Crippen LogP contribution in [0.5, 0.6) is 0 Å². The lowest BCUT2D eigenvalue weighted by molar-refractivity contribution is 0.0994. The van der Waals surface area contributed by atoms with Gasteiger partial charge in [0.1, 0.15) is 5.82 Å². The second-order valence-corrected chi connectivity index (χ2v) is 8.49. The molecule has 4 nitrogen and oxygen atoms in total. The molecule has 3 aromatic rings. The standard InChI is InChI=1S/C18H15ClFN3OS2/c1-11(16(24)13-4-6-14(19)7-5-13)25-18-23-22-17(26-18)21-10-12-2-8-15(20)9-3-12/h2-9,11H,10H2,1H3,(H,21,22). The molecule has 0 bridgehead atoms. The van der Waals surface area contributed by atoms with Crippen LogP contribution in [-0.4, -0.2) is 21.2 Å². The normalized spacial score (nSPS) is 12.0. The maximum atomic E-state index is 12.9. The fraction of sp³-hybridized carbons (Fsp3) is 0.167. The van der Waals surface area contributed by atoms with Gasteiger partial charge in [-0.15, -0.1) is 10.2 Å². The Morgan fingerprint density at radius 3 is 2.58 bits per heavy atom. The lowest BCUT2D eigenvalue weighted by Gasteiger charge is -2.07. The van der Waals surface area contributed by atoms with Gasteiger partial charge < -0.3 is 5.32 Å². The third-order valence-electron chi connectivity index (χ3n) is 3.54. The van der Waals surface area contributed by atoms with Crippen molar-refractivity contribution < 1.29 is 9.18 Å². The third kappa shape index (κ3) is 5.03. The average molecular weight is 408 g/mol. The van der Waals surface area contributed by atoms with Crippen molar-refractivity contribution in [3.63, 3.8) is 0 Å². The van der Waals surface area contributed by atoms with E-state index in [9.17, 15) is 9.18 Å². The first kappa shape index (κ1) is 18.8. The molecule has 1 atom stereocenters. The largest absolute Gasteiger partial charge is 0.356 e. The summed E-state index contributed by atoms with van der Waals surface area (Å²) >= 11 is 8.60. The quantitative estimate of drug-likeness (QED) is 0.425. The number of rotatable bonds is 7. The summed E-state index contributed by atoms with van der Waals surface area (Å²) in [4.78, 5) is 12.5. The van der Waals surface area contributed by atoms with Gasteiger partial charge in [0.2, 0.25) is 5.13 Å². The van der Waals surface area contributed by atoms with Crippen LogP contribution < -0.4 is 5.32 Å². The summed E-state index contributed by atoms with van der Waals surface area (Å²) in [6, 6.07) is 13.1. The summed E-state index contributed by atoms with van der Waals surface area (Å²) in [6.45, 7) is 2.37. The molecule has 0 aliphatic rings. The minimum atomic E-state index is -0.283. The molecule has 1 N–H and O–H groups in total. The van der Waals surface area contributed by atoms with Gasteiger partial charge in [0.05, 0.1) is 5.25 Å². The average Bonchev–Trinajstić information content (AvgIpc) is 3.08. The number of Topliss-reactive ketones (excluding diaryl/α,β-unsaturated/α-hetero) is 1. The number of thioether (sulfide) groups is 1. The van der Waals surface area contributed by atoms with Crippen LogP contribution in [0.3, 0.4) is 0 Å². The molecule has 0 aliphatic heterocycles. The highest BCUT2D eigenvalue weighted by Crippen LogP contribution is 2.30. The Morgan fingerprint density at radius 1 is 1.19 bits per heavy atom. The predicted octanol–water partition coefficient (Wildman–Crippen LogP) is 5.31. The molecule has 26 heavy (non-hydrogen) atoms. The van der Waals surface area contributed by atoms with Crippen molar-refractivity contribution in [1.29, 1.82) is 0 Å². The Bertz CT molecular complexity index is 884. The van der Waals surface area contributed by atoms with Gasteiger partial charge in [0.25, 0.3) is 0 Å². The van der Waals surface area contributed by atoms with Gasteiger partial charge >= 0.3 is 0 Å². The number of benzene rings is 2. The van der Waals surface area contributed by atoms with Gasteiger partial charge in [0, 0.05) is 17.1 Å². The summed E-state index contributed by atoms with van der Waals surface area (Å²) in [5.74, 6) is -0.245. The van der Waals surface area contributed by atoms with Crippen molar-refractivity contribution in [2.24, 2.45) is 0 Å². The first-order valence-electron chi connectivity index (χ1n) is 7.79. The minimum absolute atomic E-state index is 0.0164. The predicted molar refractivity (Wildman–Crippen MR) is 105 cm³/mol. The molecule has 8 heteroatoms. The highest BCUT2D eigenvalue weighted by atomic mass is 35.5. The van der Waals surface area contributed by atoms with E-state index >= 15 is 0 Å². The summed E-state index contributed by atoms with van der Waals surface area (Å²) < 4.78 is 13.6. The van der Waals surface area contributed by atoms with Crippen molar-refractivity contribution in [1.82, 2.24) is 10.2 Å². The van der Waals surface area contributed by atoms with Gasteiger partial charge in [0.15, 0.2) is 10.1 Å². The van der Waals surface area contributed by atoms with Crippen LogP contribution in [0.4, 0.5) is 9.52 Å². The molecule has 3 rings (SSSR count). The molecule has 0 aliphatic carbocycles. The van der Waals surface area contributed by atoms with E-state index in [1.54, 1.807) is 36.4 Å². The molecule has 0 fully saturated rings. The van der Waals surface area contributed by atoms with Crippen LogP contribution in [-0.2, 0) is 6.54 Å². The lowest BCUT2D eigenvalue weighted by Crippen LogP contribution is -2.13. The van der Waals surface area contributed by atoms with E-state index in [2.05, 4.69) is 15.5 Å². The van der Waals surface area contributed by atoms with E-state index in [1.807, 2.05) is 6.92 Å². The second kappa shape index (κ2) is 8.62. The number of aromatic nitrogens is 2. The number of carbonyl (C=O) groups excluding carboxylic acids is 1. The number of nitrogens with one attached hydrogen (secondary N) is 1. The van der Waals surface area contributed by atoms with Gasteiger partial charge in [-0.05, 0) is 48.9 Å². The van der Waals surface area contributed by atoms with Crippen LogP contribution in [0.15, 0.2) is 52.9 Å². The van der Waals surface area contributed by atoms with E-state index in [1.165, 1.54) is 35.2 Å². The van der Waals surface area contributed by atoms with Crippen LogP contribution in [0.1, 0.15) is 22.8 Å². The Labute approximate surface area is 163 Å². The molecule has 1 unspecified atom stereocenters. The maximum absolute atomic E-state index is 12.9. The molecule has 0 spiro atoms.